The van der Waals surface area contributed by atoms with E-state index in [-0.39, 0.29) is 5.54 Å². The number of likely N-dealkylation sites (tertiary alicyclic amines) is 1. The summed E-state index contributed by atoms with van der Waals surface area (Å²) < 4.78 is 0. The molecule has 1 aromatic carbocycles. The van der Waals surface area contributed by atoms with E-state index in [1.165, 1.54) is 18.4 Å². The topological polar surface area (TPSA) is 27.0 Å². The number of nitriles is 1. The summed E-state index contributed by atoms with van der Waals surface area (Å²) in [5.41, 5.74) is 1.05. The molecule has 1 aliphatic rings. The number of nitrogens with zero attached hydrogens (tertiary/aromatic N) is 2. The van der Waals surface area contributed by atoms with Gasteiger partial charge in [-0.25, -0.2) is 0 Å². The van der Waals surface area contributed by atoms with E-state index in [4.69, 9.17) is 0 Å². The Morgan fingerprint density at radius 1 is 1.39 bits per heavy atom. The van der Waals surface area contributed by atoms with Gasteiger partial charge in [0, 0.05) is 12.6 Å². The lowest BCUT2D eigenvalue weighted by molar-refractivity contribution is 0.0341. The maximum absolute atomic E-state index is 9.62. The largest absolute Gasteiger partial charge is 0.279 e. The molecule has 0 aromatic heterocycles. The van der Waals surface area contributed by atoms with Crippen molar-refractivity contribution in [3.63, 3.8) is 0 Å². The number of benzene rings is 1. The van der Waals surface area contributed by atoms with Crippen LogP contribution in [0.2, 0.25) is 0 Å². The summed E-state index contributed by atoms with van der Waals surface area (Å²) in [4.78, 5) is 2.41. The molecule has 2 nitrogen and oxygen atoms in total. The first-order valence-corrected chi connectivity index (χ1v) is 6.94. The second-order valence-corrected chi connectivity index (χ2v) is 5.35. The highest BCUT2D eigenvalue weighted by molar-refractivity contribution is 5.18. The van der Waals surface area contributed by atoms with Crippen molar-refractivity contribution in [1.82, 2.24) is 4.90 Å². The molecule has 18 heavy (non-hydrogen) atoms. The molecule has 0 radical (unpaired) electrons. The Labute approximate surface area is 110 Å². The van der Waals surface area contributed by atoms with E-state index in [0.717, 1.165) is 19.4 Å². The lowest BCUT2D eigenvalue weighted by Gasteiger charge is -2.46. The molecule has 2 rings (SSSR count). The van der Waals surface area contributed by atoms with Crippen LogP contribution in [0.15, 0.2) is 30.3 Å². The predicted octanol–water partition coefficient (Wildman–Crippen LogP) is 3.73. The van der Waals surface area contributed by atoms with Gasteiger partial charge in [0.15, 0.2) is 0 Å². The van der Waals surface area contributed by atoms with Crippen molar-refractivity contribution < 1.29 is 0 Å². The molecule has 2 atom stereocenters. The van der Waals surface area contributed by atoms with E-state index < -0.39 is 0 Å². The number of hydrogen-bond acceptors (Lipinski definition) is 2. The minimum Gasteiger partial charge on any atom is -0.279 e. The van der Waals surface area contributed by atoms with Gasteiger partial charge in [-0.2, -0.15) is 5.26 Å². The zero-order valence-corrected chi connectivity index (χ0v) is 11.4. The monoisotopic (exact) mass is 242 g/mol. The standard InChI is InChI=1S/C16H22N2/c1-3-16(13-17)11-7-8-14(2)18(16)12-15-9-5-4-6-10-15/h4-6,9-10,14H,3,7-8,11-12H2,1-2H3/t14-,16+/m1/s1. The van der Waals surface area contributed by atoms with Gasteiger partial charge in [-0.3, -0.25) is 4.90 Å². The van der Waals surface area contributed by atoms with E-state index in [1.54, 1.807) is 0 Å². The molecule has 1 aromatic rings. The highest BCUT2D eigenvalue weighted by Crippen LogP contribution is 2.35. The fourth-order valence-electron chi connectivity index (χ4n) is 3.08. The predicted molar refractivity (Wildman–Crippen MR) is 73.9 cm³/mol. The maximum Gasteiger partial charge on any atom is 0.109 e. The normalized spacial score (nSPS) is 28.8. The molecule has 1 aliphatic heterocycles. The Hall–Kier alpha value is -1.33. The van der Waals surface area contributed by atoms with Crippen LogP contribution in [-0.4, -0.2) is 16.5 Å². The van der Waals surface area contributed by atoms with Gasteiger partial charge in [0.1, 0.15) is 5.54 Å². The summed E-state index contributed by atoms with van der Waals surface area (Å²) >= 11 is 0. The van der Waals surface area contributed by atoms with E-state index in [0.29, 0.717) is 6.04 Å². The van der Waals surface area contributed by atoms with Crippen molar-refractivity contribution in [3.8, 4) is 6.07 Å². The molecule has 0 amide bonds. The van der Waals surface area contributed by atoms with Crippen molar-refractivity contribution in [2.45, 2.75) is 57.7 Å². The summed E-state index contributed by atoms with van der Waals surface area (Å²) in [6, 6.07) is 13.6. The molecule has 2 heteroatoms. The van der Waals surface area contributed by atoms with Crippen molar-refractivity contribution >= 4 is 0 Å². The molecule has 0 bridgehead atoms. The third kappa shape index (κ3) is 2.42. The van der Waals surface area contributed by atoms with Crippen LogP contribution >= 0.6 is 0 Å². The fraction of sp³-hybridized carbons (Fsp3) is 0.562. The van der Waals surface area contributed by atoms with Gasteiger partial charge in [0.2, 0.25) is 0 Å². The van der Waals surface area contributed by atoms with Crippen LogP contribution in [0.25, 0.3) is 0 Å². The van der Waals surface area contributed by atoms with Crippen LogP contribution in [0.4, 0.5) is 0 Å². The second-order valence-electron chi connectivity index (χ2n) is 5.35. The fourth-order valence-corrected chi connectivity index (χ4v) is 3.08. The number of rotatable bonds is 3. The summed E-state index contributed by atoms with van der Waals surface area (Å²) in [5.74, 6) is 0. The van der Waals surface area contributed by atoms with Crippen LogP contribution in [0.3, 0.4) is 0 Å². The summed E-state index contributed by atoms with van der Waals surface area (Å²) in [6.07, 6.45) is 4.31. The molecule has 0 spiro atoms. The smallest absolute Gasteiger partial charge is 0.109 e. The number of piperidine rings is 1. The first-order valence-electron chi connectivity index (χ1n) is 6.94. The maximum atomic E-state index is 9.62. The zero-order chi connectivity index (χ0) is 13.0. The van der Waals surface area contributed by atoms with Gasteiger partial charge in [0.05, 0.1) is 6.07 Å². The minimum atomic E-state index is -0.256. The van der Waals surface area contributed by atoms with E-state index in [2.05, 4.69) is 49.1 Å². The first-order chi connectivity index (χ1) is 8.72. The summed E-state index contributed by atoms with van der Waals surface area (Å²) in [5, 5.41) is 9.62. The van der Waals surface area contributed by atoms with Gasteiger partial charge in [-0.05, 0) is 38.2 Å². The first kappa shape index (κ1) is 13.1. The molecular formula is C16H22N2. The van der Waals surface area contributed by atoms with Gasteiger partial charge in [0.25, 0.3) is 0 Å². The second kappa shape index (κ2) is 5.54. The Morgan fingerprint density at radius 2 is 2.11 bits per heavy atom. The molecule has 1 saturated heterocycles. The number of hydrogen-bond donors (Lipinski definition) is 0. The molecule has 96 valence electrons. The highest BCUT2D eigenvalue weighted by atomic mass is 15.2. The van der Waals surface area contributed by atoms with E-state index in [9.17, 15) is 5.26 Å². The van der Waals surface area contributed by atoms with Gasteiger partial charge >= 0.3 is 0 Å². The average molecular weight is 242 g/mol. The van der Waals surface area contributed by atoms with Crippen molar-refractivity contribution in [2.24, 2.45) is 0 Å². The molecule has 0 N–H and O–H groups in total. The highest BCUT2D eigenvalue weighted by Gasteiger charge is 2.40. The lowest BCUT2D eigenvalue weighted by Crippen LogP contribution is -2.54. The van der Waals surface area contributed by atoms with E-state index in [1.807, 2.05) is 6.07 Å². The van der Waals surface area contributed by atoms with E-state index >= 15 is 0 Å². The SMILES string of the molecule is CC[C@@]1(C#N)CCC[C@@H](C)N1Cc1ccccc1. The third-order valence-corrected chi connectivity index (χ3v) is 4.28. The average Bonchev–Trinajstić information content (AvgIpc) is 2.42. The lowest BCUT2D eigenvalue weighted by atomic mass is 9.82. The quantitative estimate of drug-likeness (QED) is 0.807. The van der Waals surface area contributed by atoms with Crippen molar-refractivity contribution in [2.75, 3.05) is 0 Å². The van der Waals surface area contributed by atoms with Gasteiger partial charge < -0.3 is 0 Å². The molecule has 1 heterocycles. The van der Waals surface area contributed by atoms with Crippen LogP contribution in [0.5, 0.6) is 0 Å². The van der Waals surface area contributed by atoms with Crippen LogP contribution in [0, 0.1) is 11.3 Å². The van der Waals surface area contributed by atoms with Crippen LogP contribution in [-0.2, 0) is 6.54 Å². The Kier molecular flexibility index (Phi) is 4.04. The molecule has 1 fully saturated rings. The molecule has 0 unspecified atom stereocenters. The van der Waals surface area contributed by atoms with Crippen molar-refractivity contribution in [1.29, 1.82) is 5.26 Å². The zero-order valence-electron chi connectivity index (χ0n) is 11.4. The molecule has 0 saturated carbocycles. The Morgan fingerprint density at radius 3 is 2.72 bits per heavy atom. The van der Waals surface area contributed by atoms with Gasteiger partial charge in [-0.15, -0.1) is 0 Å². The summed E-state index contributed by atoms with van der Waals surface area (Å²) in [6.45, 7) is 5.28. The van der Waals surface area contributed by atoms with Crippen LogP contribution in [0.1, 0.15) is 45.1 Å². The van der Waals surface area contributed by atoms with Crippen molar-refractivity contribution in [3.05, 3.63) is 35.9 Å². The van der Waals surface area contributed by atoms with Crippen LogP contribution < -0.4 is 0 Å². The van der Waals surface area contributed by atoms with Gasteiger partial charge in [-0.1, -0.05) is 37.3 Å². The third-order valence-electron chi connectivity index (χ3n) is 4.28. The summed E-state index contributed by atoms with van der Waals surface area (Å²) in [7, 11) is 0. The Bertz CT molecular complexity index is 420. The molecule has 0 aliphatic carbocycles. The molecular weight excluding hydrogens is 220 g/mol. The Balaban J connectivity index is 2.23. The minimum absolute atomic E-state index is 0.256.